The number of hydrogen-bond acceptors (Lipinski definition) is 9. The standard InChI is InChI=1S/C25H26ClN7O3S2/c26-17-2-1-3-18(12-17)31-24(35)32-25-33(15-36-23(34)16-4-8-27-9-5-16)13-19(38-25)6-10-28-22-21-20(7-11-37-21)29-14-30-22/h1-3,7,11-14,16,27H,4-6,8-10,15H2,(H,31,35)(H,28,29,30)/b32-25-. The zero-order chi connectivity index (χ0) is 26.3. The van der Waals surface area contributed by atoms with Crippen LogP contribution >= 0.6 is 34.3 Å². The number of carbonyl (C=O) groups excluding carboxylic acids is 2. The summed E-state index contributed by atoms with van der Waals surface area (Å²) < 4.78 is 8.31. The molecule has 1 fully saturated rings. The molecule has 0 radical (unpaired) electrons. The molecule has 1 aliphatic rings. The number of nitrogens with one attached hydrogen (secondary N) is 3. The summed E-state index contributed by atoms with van der Waals surface area (Å²) in [4.78, 5) is 39.5. The van der Waals surface area contributed by atoms with Gasteiger partial charge < -0.3 is 20.7 Å². The third-order valence-electron chi connectivity index (χ3n) is 5.97. The lowest BCUT2D eigenvalue weighted by atomic mass is 9.99. The van der Waals surface area contributed by atoms with Crippen LogP contribution < -0.4 is 20.8 Å². The van der Waals surface area contributed by atoms with E-state index in [2.05, 4.69) is 30.9 Å². The van der Waals surface area contributed by atoms with Crippen LogP contribution in [0.5, 0.6) is 0 Å². The lowest BCUT2D eigenvalue weighted by molar-refractivity contribution is -0.153. The molecule has 10 nitrogen and oxygen atoms in total. The van der Waals surface area contributed by atoms with Gasteiger partial charge in [0, 0.05) is 34.7 Å². The first-order valence-corrected chi connectivity index (χ1v) is 14.2. The van der Waals surface area contributed by atoms with Gasteiger partial charge in [-0.2, -0.15) is 4.99 Å². The van der Waals surface area contributed by atoms with E-state index in [1.807, 2.05) is 17.6 Å². The molecule has 0 aliphatic carbocycles. The fourth-order valence-electron chi connectivity index (χ4n) is 4.06. The molecule has 4 aromatic rings. The van der Waals surface area contributed by atoms with Gasteiger partial charge in [-0.1, -0.05) is 17.7 Å². The van der Waals surface area contributed by atoms with Crippen LogP contribution in [0.1, 0.15) is 17.7 Å². The van der Waals surface area contributed by atoms with Gasteiger partial charge in [0.25, 0.3) is 0 Å². The van der Waals surface area contributed by atoms with Crippen molar-refractivity contribution in [2.45, 2.75) is 26.0 Å². The number of anilines is 2. The van der Waals surface area contributed by atoms with Crippen molar-refractivity contribution in [2.24, 2.45) is 10.9 Å². The number of urea groups is 1. The minimum atomic E-state index is -0.543. The van der Waals surface area contributed by atoms with E-state index >= 15 is 0 Å². The second kappa shape index (κ2) is 12.5. The van der Waals surface area contributed by atoms with Crippen LogP contribution in [0.15, 0.2) is 53.2 Å². The van der Waals surface area contributed by atoms with Crippen LogP contribution in [0.2, 0.25) is 5.02 Å². The number of carbonyl (C=O) groups is 2. The van der Waals surface area contributed by atoms with E-state index in [0.29, 0.717) is 28.5 Å². The maximum Gasteiger partial charge on any atom is 0.348 e. The number of fused-ring (bicyclic) bond motifs is 1. The highest BCUT2D eigenvalue weighted by molar-refractivity contribution is 7.17. The molecule has 0 unspecified atom stereocenters. The highest BCUT2D eigenvalue weighted by Crippen LogP contribution is 2.24. The first-order chi connectivity index (χ1) is 18.5. The third kappa shape index (κ3) is 6.76. The van der Waals surface area contributed by atoms with Gasteiger partial charge in [-0.25, -0.2) is 14.8 Å². The first-order valence-electron chi connectivity index (χ1n) is 12.1. The molecule has 0 spiro atoms. The SMILES string of the molecule is O=C(/N=c1\sc(CCNc2ncnc3ccsc23)cn1COC(=O)C1CCNCC1)Nc1cccc(Cl)c1. The number of nitrogens with zero attached hydrogens (tertiary/aromatic N) is 4. The molecule has 2 amide bonds. The number of thiophene rings is 1. The predicted octanol–water partition coefficient (Wildman–Crippen LogP) is 4.50. The zero-order valence-electron chi connectivity index (χ0n) is 20.4. The summed E-state index contributed by atoms with van der Waals surface area (Å²) in [7, 11) is 0. The molecule has 198 valence electrons. The van der Waals surface area contributed by atoms with E-state index in [4.69, 9.17) is 16.3 Å². The Bertz CT molecular complexity index is 1490. The minimum absolute atomic E-state index is 0.0162. The minimum Gasteiger partial charge on any atom is -0.444 e. The molecule has 4 heterocycles. The first kappa shape index (κ1) is 26.3. The Morgan fingerprint density at radius 2 is 2.11 bits per heavy atom. The quantitative estimate of drug-likeness (QED) is 0.266. The van der Waals surface area contributed by atoms with Crippen LogP contribution in [0, 0.1) is 5.92 Å². The number of piperidine rings is 1. The molecule has 3 N–H and O–H groups in total. The topological polar surface area (TPSA) is 123 Å². The van der Waals surface area contributed by atoms with Crippen LogP contribution in [-0.4, -0.2) is 46.2 Å². The average molecular weight is 572 g/mol. The van der Waals surface area contributed by atoms with E-state index in [1.54, 1.807) is 46.5 Å². The van der Waals surface area contributed by atoms with Crippen molar-refractivity contribution in [1.82, 2.24) is 19.9 Å². The summed E-state index contributed by atoms with van der Waals surface area (Å²) in [5.41, 5.74) is 1.45. The lowest BCUT2D eigenvalue weighted by Crippen LogP contribution is -2.33. The molecule has 0 atom stereocenters. The average Bonchev–Trinajstić information content (AvgIpc) is 3.55. The molecule has 0 saturated carbocycles. The third-order valence-corrected chi connectivity index (χ3v) is 8.19. The molecular weight excluding hydrogens is 546 g/mol. The van der Waals surface area contributed by atoms with Gasteiger partial charge in [-0.05, 0) is 55.6 Å². The summed E-state index contributed by atoms with van der Waals surface area (Å²) in [6, 6.07) is 8.27. The van der Waals surface area contributed by atoms with Crippen molar-refractivity contribution in [2.75, 3.05) is 30.3 Å². The van der Waals surface area contributed by atoms with Crippen LogP contribution in [0.25, 0.3) is 10.2 Å². The summed E-state index contributed by atoms with van der Waals surface area (Å²) >= 11 is 8.97. The summed E-state index contributed by atoms with van der Waals surface area (Å²) in [6.07, 6.45) is 5.58. The van der Waals surface area contributed by atoms with E-state index in [-0.39, 0.29) is 18.6 Å². The number of rotatable bonds is 8. The van der Waals surface area contributed by atoms with Crippen molar-refractivity contribution >= 4 is 68.0 Å². The highest BCUT2D eigenvalue weighted by atomic mass is 35.5. The van der Waals surface area contributed by atoms with E-state index in [0.717, 1.165) is 46.8 Å². The molecule has 5 rings (SSSR count). The molecule has 13 heteroatoms. The number of esters is 1. The number of hydrogen-bond donors (Lipinski definition) is 3. The molecular formula is C25H26ClN7O3S2. The zero-order valence-corrected chi connectivity index (χ0v) is 22.7. The number of thiazole rings is 1. The Hall–Kier alpha value is -3.32. The maximum absolute atomic E-state index is 12.7. The summed E-state index contributed by atoms with van der Waals surface area (Å²) in [5, 5.41) is 11.8. The lowest BCUT2D eigenvalue weighted by Gasteiger charge is -2.21. The van der Waals surface area contributed by atoms with Crippen molar-refractivity contribution in [1.29, 1.82) is 0 Å². The normalized spacial score (nSPS) is 14.5. The van der Waals surface area contributed by atoms with E-state index < -0.39 is 6.03 Å². The monoisotopic (exact) mass is 571 g/mol. The van der Waals surface area contributed by atoms with E-state index in [9.17, 15) is 9.59 Å². The highest BCUT2D eigenvalue weighted by Gasteiger charge is 2.22. The van der Waals surface area contributed by atoms with Gasteiger partial charge >= 0.3 is 12.0 Å². The van der Waals surface area contributed by atoms with Crippen molar-refractivity contribution < 1.29 is 14.3 Å². The number of aromatic nitrogens is 3. The number of ether oxygens (including phenoxy) is 1. The van der Waals surface area contributed by atoms with Crippen molar-refractivity contribution in [3.63, 3.8) is 0 Å². The second-order valence-electron chi connectivity index (χ2n) is 8.65. The Morgan fingerprint density at radius 1 is 1.24 bits per heavy atom. The van der Waals surface area contributed by atoms with Crippen LogP contribution in [0.3, 0.4) is 0 Å². The second-order valence-corrected chi connectivity index (χ2v) is 11.1. The summed E-state index contributed by atoms with van der Waals surface area (Å²) in [6.45, 7) is 2.21. The number of amides is 2. The molecule has 0 bridgehead atoms. The van der Waals surface area contributed by atoms with Crippen molar-refractivity contribution in [3.8, 4) is 0 Å². The van der Waals surface area contributed by atoms with Gasteiger partial charge in [-0.3, -0.25) is 9.36 Å². The van der Waals surface area contributed by atoms with Gasteiger partial charge in [0.1, 0.15) is 12.1 Å². The van der Waals surface area contributed by atoms with Crippen LogP contribution in [-0.2, 0) is 22.7 Å². The largest absolute Gasteiger partial charge is 0.444 e. The Balaban J connectivity index is 1.29. The van der Waals surface area contributed by atoms with Crippen LogP contribution in [0.4, 0.5) is 16.3 Å². The summed E-state index contributed by atoms with van der Waals surface area (Å²) in [5.74, 6) is 0.440. The molecule has 3 aromatic heterocycles. The van der Waals surface area contributed by atoms with E-state index in [1.165, 1.54) is 11.3 Å². The Kier molecular flexibility index (Phi) is 8.64. The smallest absolute Gasteiger partial charge is 0.348 e. The fraction of sp³-hybridized carbons (Fsp3) is 0.320. The fourth-order valence-corrected chi connectivity index (χ4v) is 6.03. The van der Waals surface area contributed by atoms with Gasteiger partial charge in [-0.15, -0.1) is 22.7 Å². The molecule has 1 aliphatic heterocycles. The van der Waals surface area contributed by atoms with Crippen molar-refractivity contribution in [3.05, 3.63) is 62.9 Å². The van der Waals surface area contributed by atoms with Gasteiger partial charge in [0.15, 0.2) is 11.5 Å². The van der Waals surface area contributed by atoms with Gasteiger partial charge in [0.2, 0.25) is 0 Å². The maximum atomic E-state index is 12.7. The Labute approximate surface area is 231 Å². The molecule has 1 aromatic carbocycles. The number of benzene rings is 1. The molecule has 38 heavy (non-hydrogen) atoms. The van der Waals surface area contributed by atoms with Gasteiger partial charge in [0.05, 0.1) is 16.1 Å². The predicted molar refractivity (Wildman–Crippen MR) is 150 cm³/mol. The number of halogens is 1. The Morgan fingerprint density at radius 3 is 2.95 bits per heavy atom. The molecule has 1 saturated heterocycles.